The van der Waals surface area contributed by atoms with E-state index in [1.165, 1.54) is 16.4 Å². The lowest BCUT2D eigenvalue weighted by atomic mass is 10.1. The van der Waals surface area contributed by atoms with Gasteiger partial charge < -0.3 is 10.1 Å². The zero-order valence-corrected chi connectivity index (χ0v) is 20.5. The van der Waals surface area contributed by atoms with Gasteiger partial charge in [-0.2, -0.15) is 4.31 Å². The van der Waals surface area contributed by atoms with Crippen molar-refractivity contribution in [3.63, 3.8) is 0 Å². The second-order valence-electron chi connectivity index (χ2n) is 7.57. The van der Waals surface area contributed by atoms with Crippen LogP contribution in [0.2, 0.25) is 0 Å². The van der Waals surface area contributed by atoms with Crippen molar-refractivity contribution >= 4 is 27.7 Å². The van der Waals surface area contributed by atoms with Gasteiger partial charge in [0.15, 0.2) is 6.61 Å². The van der Waals surface area contributed by atoms with Crippen LogP contribution in [0.1, 0.15) is 24.1 Å². The number of sulfonamides is 1. The van der Waals surface area contributed by atoms with Crippen LogP contribution in [-0.4, -0.2) is 38.5 Å². The van der Waals surface area contributed by atoms with Crippen LogP contribution in [0, 0.1) is 0 Å². The number of ether oxygens (including phenoxy) is 1. The summed E-state index contributed by atoms with van der Waals surface area (Å²) in [5.41, 5.74) is 1.92. The van der Waals surface area contributed by atoms with Gasteiger partial charge in [-0.05, 0) is 60.7 Å². The average molecular weight is 485 g/mol. The Balaban J connectivity index is 1.53. The highest BCUT2D eigenvalue weighted by Crippen LogP contribution is 2.21. The summed E-state index contributed by atoms with van der Waals surface area (Å²) in [5, 5.41) is 2.90. The van der Waals surface area contributed by atoms with Crippen molar-refractivity contribution in [1.82, 2.24) is 9.62 Å². The van der Waals surface area contributed by atoms with Gasteiger partial charge in [0.25, 0.3) is 5.91 Å². The largest absolute Gasteiger partial charge is 0.484 e. The first-order chi connectivity index (χ1) is 15.8. The third-order valence-electron chi connectivity index (χ3n) is 5.14. The van der Waals surface area contributed by atoms with E-state index in [-0.39, 0.29) is 30.0 Å². The van der Waals surface area contributed by atoms with Crippen molar-refractivity contribution in [3.05, 3.63) is 90.0 Å². The van der Waals surface area contributed by atoms with E-state index in [0.29, 0.717) is 5.75 Å². The monoisotopic (exact) mass is 484 g/mol. The molecule has 0 spiro atoms. The third-order valence-corrected chi connectivity index (χ3v) is 7.70. The summed E-state index contributed by atoms with van der Waals surface area (Å²) in [4.78, 5) is 13.6. The molecule has 0 heterocycles. The van der Waals surface area contributed by atoms with Gasteiger partial charge in [-0.1, -0.05) is 42.5 Å². The molecule has 6 nitrogen and oxygen atoms in total. The topological polar surface area (TPSA) is 75.7 Å². The Morgan fingerprint density at radius 3 is 2.24 bits per heavy atom. The number of nitrogens with one attached hydrogen (secondary N) is 1. The lowest BCUT2D eigenvalue weighted by Crippen LogP contribution is -2.31. The van der Waals surface area contributed by atoms with Crippen LogP contribution in [0.15, 0.2) is 88.7 Å². The summed E-state index contributed by atoms with van der Waals surface area (Å²) in [7, 11) is -2.09. The fraction of sp³-hybridized carbons (Fsp3) is 0.240. The van der Waals surface area contributed by atoms with Crippen molar-refractivity contribution < 1.29 is 17.9 Å². The maximum Gasteiger partial charge on any atom is 0.258 e. The van der Waals surface area contributed by atoms with Crippen LogP contribution in [0.25, 0.3) is 0 Å². The minimum absolute atomic E-state index is 0.148. The van der Waals surface area contributed by atoms with Gasteiger partial charge in [0.2, 0.25) is 10.0 Å². The first-order valence-corrected chi connectivity index (χ1v) is 13.1. The Bertz CT molecular complexity index is 1150. The summed E-state index contributed by atoms with van der Waals surface area (Å²) in [6.45, 7) is 2.03. The standard InChI is InChI=1S/C25H28N2O4S2/c1-19(21-9-13-23(32-3)14-10-21)26-25(28)18-31-22-11-15-24(16-12-22)33(29,30)27(2)17-20-7-5-4-6-8-20/h4-16,19H,17-18H2,1-3H3,(H,26,28)/t19-/m1/s1. The Hall–Kier alpha value is -2.81. The molecule has 0 radical (unpaired) electrons. The van der Waals surface area contributed by atoms with Crippen LogP contribution in [0.5, 0.6) is 5.75 Å². The summed E-state index contributed by atoms with van der Waals surface area (Å²) < 4.78 is 32.5. The number of nitrogens with zero attached hydrogens (tertiary/aromatic N) is 1. The number of carbonyl (C=O) groups is 1. The van der Waals surface area contributed by atoms with E-state index in [1.807, 2.05) is 67.8 Å². The van der Waals surface area contributed by atoms with Gasteiger partial charge in [0.1, 0.15) is 5.75 Å². The molecule has 1 amide bonds. The Morgan fingerprint density at radius 1 is 1.00 bits per heavy atom. The Kier molecular flexibility index (Phi) is 8.55. The van der Waals surface area contributed by atoms with E-state index >= 15 is 0 Å². The number of benzene rings is 3. The molecule has 3 aromatic rings. The second-order valence-corrected chi connectivity index (χ2v) is 10.5. The molecular formula is C25H28N2O4S2. The summed E-state index contributed by atoms with van der Waals surface area (Å²) in [6, 6.07) is 23.4. The molecule has 174 valence electrons. The van der Waals surface area contributed by atoms with E-state index in [9.17, 15) is 13.2 Å². The van der Waals surface area contributed by atoms with Crippen molar-refractivity contribution in [3.8, 4) is 5.75 Å². The highest BCUT2D eigenvalue weighted by atomic mass is 32.2. The molecule has 0 aromatic heterocycles. The molecule has 0 saturated carbocycles. The molecule has 0 bridgehead atoms. The zero-order chi connectivity index (χ0) is 23.8. The van der Waals surface area contributed by atoms with Gasteiger partial charge in [0, 0.05) is 18.5 Å². The molecule has 1 N–H and O–H groups in total. The predicted molar refractivity (Wildman–Crippen MR) is 132 cm³/mol. The maximum atomic E-state index is 12.8. The van der Waals surface area contributed by atoms with Gasteiger partial charge >= 0.3 is 0 Å². The predicted octanol–water partition coefficient (Wildman–Crippen LogP) is 4.49. The number of thioether (sulfide) groups is 1. The summed E-state index contributed by atoms with van der Waals surface area (Å²) in [6.07, 6.45) is 2.02. The molecule has 0 aliphatic carbocycles. The molecule has 3 rings (SSSR count). The molecule has 8 heteroatoms. The first-order valence-electron chi connectivity index (χ1n) is 10.5. The molecule has 33 heavy (non-hydrogen) atoms. The average Bonchev–Trinajstić information content (AvgIpc) is 2.83. The number of carbonyl (C=O) groups excluding carboxylic acids is 1. The van der Waals surface area contributed by atoms with Crippen molar-refractivity contribution in [2.75, 3.05) is 19.9 Å². The quantitative estimate of drug-likeness (QED) is 0.429. The zero-order valence-electron chi connectivity index (χ0n) is 18.9. The molecular weight excluding hydrogens is 456 g/mol. The van der Waals surface area contributed by atoms with Gasteiger partial charge in [-0.15, -0.1) is 11.8 Å². The molecule has 3 aromatic carbocycles. The van der Waals surface area contributed by atoms with Crippen LogP contribution < -0.4 is 10.1 Å². The van der Waals surface area contributed by atoms with Crippen LogP contribution >= 0.6 is 11.8 Å². The molecule has 0 fully saturated rings. The number of hydrogen-bond acceptors (Lipinski definition) is 5. The number of hydrogen-bond donors (Lipinski definition) is 1. The van der Waals surface area contributed by atoms with E-state index in [0.717, 1.165) is 16.0 Å². The van der Waals surface area contributed by atoms with Gasteiger partial charge in [0.05, 0.1) is 10.9 Å². The van der Waals surface area contributed by atoms with E-state index < -0.39 is 10.0 Å². The van der Waals surface area contributed by atoms with E-state index in [1.54, 1.807) is 30.9 Å². The van der Waals surface area contributed by atoms with Crippen molar-refractivity contribution in [2.24, 2.45) is 0 Å². The Morgan fingerprint density at radius 2 is 1.64 bits per heavy atom. The summed E-state index contributed by atoms with van der Waals surface area (Å²) in [5.74, 6) is 0.169. The minimum atomic E-state index is -3.64. The van der Waals surface area contributed by atoms with Crippen LogP contribution in [-0.2, 0) is 21.4 Å². The molecule has 1 atom stereocenters. The molecule has 0 unspecified atom stereocenters. The second kappa shape index (κ2) is 11.4. The molecule has 0 saturated heterocycles. The maximum absolute atomic E-state index is 12.8. The van der Waals surface area contributed by atoms with Crippen molar-refractivity contribution in [1.29, 1.82) is 0 Å². The highest BCUT2D eigenvalue weighted by Gasteiger charge is 2.21. The van der Waals surface area contributed by atoms with E-state index in [2.05, 4.69) is 5.32 Å². The van der Waals surface area contributed by atoms with Crippen LogP contribution in [0.3, 0.4) is 0 Å². The fourth-order valence-corrected chi connectivity index (χ4v) is 4.79. The third kappa shape index (κ3) is 6.83. The van der Waals surface area contributed by atoms with E-state index in [4.69, 9.17) is 4.74 Å². The lowest BCUT2D eigenvalue weighted by molar-refractivity contribution is -0.123. The van der Waals surface area contributed by atoms with Crippen LogP contribution in [0.4, 0.5) is 0 Å². The normalized spacial score (nSPS) is 12.4. The van der Waals surface area contributed by atoms with Gasteiger partial charge in [-0.25, -0.2) is 8.42 Å². The highest BCUT2D eigenvalue weighted by molar-refractivity contribution is 7.98. The smallest absolute Gasteiger partial charge is 0.258 e. The fourth-order valence-electron chi connectivity index (χ4n) is 3.22. The number of amides is 1. The van der Waals surface area contributed by atoms with Crippen molar-refractivity contribution in [2.45, 2.75) is 29.3 Å². The first kappa shape index (κ1) is 24.8. The Labute approximate surface area is 200 Å². The van der Waals surface area contributed by atoms with Gasteiger partial charge in [-0.3, -0.25) is 4.79 Å². The summed E-state index contributed by atoms with van der Waals surface area (Å²) >= 11 is 1.67. The molecule has 0 aliphatic heterocycles. The molecule has 0 aliphatic rings. The minimum Gasteiger partial charge on any atom is -0.484 e. The SMILES string of the molecule is CSc1ccc([C@@H](C)NC(=O)COc2ccc(S(=O)(=O)N(C)Cc3ccccc3)cc2)cc1. The number of rotatable bonds is 10. The lowest BCUT2D eigenvalue weighted by Gasteiger charge is -2.18.